The van der Waals surface area contributed by atoms with Crippen LogP contribution in [0.2, 0.25) is 18.1 Å². The zero-order valence-corrected chi connectivity index (χ0v) is 26.0. The molecule has 210 valence electrons. The molecule has 0 radical (unpaired) electrons. The Morgan fingerprint density at radius 2 is 1.51 bits per heavy atom. The predicted octanol–water partition coefficient (Wildman–Crippen LogP) is 7.11. The molecule has 1 heterocycles. The maximum absolute atomic E-state index is 14.1. The monoisotopic (exact) mass is 570 g/mol. The second-order valence-corrected chi connectivity index (χ2v) is 17.3. The molecule has 0 amide bonds. The summed E-state index contributed by atoms with van der Waals surface area (Å²) in [4.78, 5) is 1.25. The lowest BCUT2D eigenvalue weighted by atomic mass is 9.97. The van der Waals surface area contributed by atoms with Crippen molar-refractivity contribution in [2.75, 3.05) is 28.1 Å². The van der Waals surface area contributed by atoms with E-state index in [0.717, 1.165) is 11.1 Å². The highest BCUT2D eigenvalue weighted by atomic mass is 32.2. The Labute approximate surface area is 234 Å². The van der Waals surface area contributed by atoms with Crippen LogP contribution in [0.1, 0.15) is 31.9 Å². The van der Waals surface area contributed by atoms with Crippen molar-refractivity contribution < 1.29 is 32.3 Å². The van der Waals surface area contributed by atoms with E-state index in [1.54, 1.807) is 27.4 Å². The zero-order chi connectivity index (χ0) is 28.5. The van der Waals surface area contributed by atoms with Gasteiger partial charge in [-0.2, -0.15) is 0 Å². The third-order valence-corrected chi connectivity index (χ3v) is 13.4. The number of rotatable bonds is 9. The second-order valence-electron chi connectivity index (χ2n) is 11.0. The third kappa shape index (κ3) is 5.66. The molecule has 39 heavy (non-hydrogen) atoms. The van der Waals surface area contributed by atoms with Gasteiger partial charge in [0.05, 0.1) is 43.6 Å². The second kappa shape index (κ2) is 11.2. The van der Waals surface area contributed by atoms with Crippen molar-refractivity contribution in [3.05, 3.63) is 53.6 Å². The van der Waals surface area contributed by atoms with E-state index in [0.29, 0.717) is 56.3 Å². The molecule has 0 aliphatic carbocycles. The average molecular weight is 571 g/mol. The van der Waals surface area contributed by atoms with Crippen molar-refractivity contribution in [1.29, 1.82) is 0 Å². The van der Waals surface area contributed by atoms with Crippen LogP contribution in [0.5, 0.6) is 28.7 Å². The van der Waals surface area contributed by atoms with Gasteiger partial charge < -0.3 is 28.1 Å². The van der Waals surface area contributed by atoms with Crippen molar-refractivity contribution in [2.24, 2.45) is 0 Å². The standard InChI is InChI=1S/C30H38O7SSi/c1-19-10-12-21(13-11-19)38(31)26-16-24-23(35-18-36-24)15-22(26)27-20(17-37-39(8,9)30(2,3)4)14-25(32-5)28(33-6)29(27)34-7/h10-16H,17-18H2,1-9H3. The summed E-state index contributed by atoms with van der Waals surface area (Å²) in [5, 5.41) is 0.0185. The van der Waals surface area contributed by atoms with Gasteiger partial charge in [-0.05, 0) is 54.9 Å². The first-order chi connectivity index (χ1) is 18.4. The summed E-state index contributed by atoms with van der Waals surface area (Å²) in [6.45, 7) is 13.4. The highest BCUT2D eigenvalue weighted by Gasteiger charge is 2.38. The van der Waals surface area contributed by atoms with Crippen molar-refractivity contribution in [3.63, 3.8) is 0 Å². The van der Waals surface area contributed by atoms with Crippen molar-refractivity contribution >= 4 is 19.1 Å². The lowest BCUT2D eigenvalue weighted by Gasteiger charge is -2.36. The average Bonchev–Trinajstić information content (AvgIpc) is 3.37. The zero-order valence-electron chi connectivity index (χ0n) is 24.2. The summed E-state index contributed by atoms with van der Waals surface area (Å²) in [6.07, 6.45) is 0. The van der Waals surface area contributed by atoms with Gasteiger partial charge in [-0.3, -0.25) is 0 Å². The Hall–Kier alpha value is -3.01. The van der Waals surface area contributed by atoms with Crippen molar-refractivity contribution in [3.8, 4) is 39.9 Å². The van der Waals surface area contributed by atoms with E-state index in [9.17, 15) is 4.21 Å². The molecule has 0 saturated heterocycles. The number of aryl methyl sites for hydroxylation is 1. The Kier molecular flexibility index (Phi) is 8.35. The Morgan fingerprint density at radius 1 is 0.897 bits per heavy atom. The van der Waals surface area contributed by atoms with Crippen LogP contribution >= 0.6 is 0 Å². The number of methoxy groups -OCH3 is 3. The van der Waals surface area contributed by atoms with Crippen LogP contribution in [0.25, 0.3) is 11.1 Å². The summed E-state index contributed by atoms with van der Waals surface area (Å²) in [7, 11) is 1.11. The van der Waals surface area contributed by atoms with Crippen molar-refractivity contribution in [1.82, 2.24) is 0 Å². The summed E-state index contributed by atoms with van der Waals surface area (Å²) in [5.41, 5.74) is 3.32. The number of ether oxygens (including phenoxy) is 5. The predicted molar refractivity (Wildman–Crippen MR) is 155 cm³/mol. The fourth-order valence-electron chi connectivity index (χ4n) is 4.15. The normalized spacial score (nSPS) is 13.8. The molecule has 9 heteroatoms. The molecule has 0 saturated carbocycles. The van der Waals surface area contributed by atoms with Gasteiger partial charge >= 0.3 is 0 Å². The molecule has 0 fully saturated rings. The molecular formula is C30H38O7SSi. The highest BCUT2D eigenvalue weighted by Crippen LogP contribution is 2.51. The lowest BCUT2D eigenvalue weighted by Crippen LogP contribution is -2.40. The maximum Gasteiger partial charge on any atom is 0.231 e. The summed E-state index contributed by atoms with van der Waals surface area (Å²) >= 11 is 0. The first kappa shape index (κ1) is 29.0. The van der Waals surface area contributed by atoms with E-state index >= 15 is 0 Å². The minimum atomic E-state index is -2.12. The van der Waals surface area contributed by atoms with Gasteiger partial charge in [0.25, 0.3) is 0 Å². The summed E-state index contributed by atoms with van der Waals surface area (Å²) < 4.78 is 49.6. The minimum absolute atomic E-state index is 0.0185. The van der Waals surface area contributed by atoms with Crippen LogP contribution in [0.15, 0.2) is 52.3 Å². The third-order valence-electron chi connectivity index (χ3n) is 7.49. The fourth-order valence-corrected chi connectivity index (χ4v) is 6.31. The van der Waals surface area contributed by atoms with E-state index in [-0.39, 0.29) is 11.8 Å². The number of fused-ring (bicyclic) bond motifs is 1. The molecule has 1 unspecified atom stereocenters. The topological polar surface area (TPSA) is 72.5 Å². The van der Waals surface area contributed by atoms with Crippen molar-refractivity contribution in [2.45, 2.75) is 62.2 Å². The first-order valence-corrected chi connectivity index (χ1v) is 16.9. The van der Waals surface area contributed by atoms with E-state index in [4.69, 9.17) is 28.1 Å². The van der Waals surface area contributed by atoms with Gasteiger partial charge in [-0.25, -0.2) is 4.21 Å². The molecule has 4 rings (SSSR count). The molecule has 0 N–H and O–H groups in total. The Balaban J connectivity index is 1.99. The van der Waals surface area contributed by atoms with E-state index < -0.39 is 19.1 Å². The SMILES string of the molecule is COc1cc(CO[Si](C)(C)C(C)(C)C)c(-c2cc3c(cc2S(=O)c2ccc(C)cc2)OCO3)c(OC)c1OC. The van der Waals surface area contributed by atoms with Gasteiger partial charge in [0.1, 0.15) is 0 Å². The number of hydrogen-bond donors (Lipinski definition) is 0. The Bertz CT molecular complexity index is 1380. The molecule has 0 spiro atoms. The van der Waals surface area contributed by atoms with Crippen LogP contribution < -0.4 is 23.7 Å². The van der Waals surface area contributed by atoms with Crippen LogP contribution in [-0.4, -0.2) is 40.6 Å². The lowest BCUT2D eigenvalue weighted by molar-refractivity contribution is 0.174. The van der Waals surface area contributed by atoms with Crippen LogP contribution in [-0.2, 0) is 21.8 Å². The maximum atomic E-state index is 14.1. The summed E-state index contributed by atoms with van der Waals surface area (Å²) in [5.74, 6) is 2.55. The fraction of sp³-hybridized carbons (Fsp3) is 0.400. The van der Waals surface area contributed by atoms with Gasteiger partial charge in [0.15, 0.2) is 31.3 Å². The first-order valence-electron chi connectivity index (χ1n) is 12.8. The van der Waals surface area contributed by atoms with Crippen LogP contribution in [0.4, 0.5) is 0 Å². The number of benzene rings is 3. The molecule has 3 aromatic carbocycles. The Morgan fingerprint density at radius 3 is 2.08 bits per heavy atom. The molecular weight excluding hydrogens is 532 g/mol. The highest BCUT2D eigenvalue weighted by molar-refractivity contribution is 7.85. The van der Waals surface area contributed by atoms with E-state index in [1.165, 1.54) is 0 Å². The molecule has 0 bridgehead atoms. The minimum Gasteiger partial charge on any atom is -0.493 e. The summed E-state index contributed by atoms with van der Waals surface area (Å²) in [6, 6.07) is 13.2. The van der Waals surface area contributed by atoms with Gasteiger partial charge in [-0.15, -0.1) is 0 Å². The van der Waals surface area contributed by atoms with Crippen LogP contribution in [0, 0.1) is 6.92 Å². The molecule has 1 aliphatic heterocycles. The van der Waals surface area contributed by atoms with E-state index in [2.05, 4.69) is 33.9 Å². The largest absolute Gasteiger partial charge is 0.493 e. The molecule has 0 aromatic heterocycles. The quantitative estimate of drug-likeness (QED) is 0.254. The molecule has 7 nitrogen and oxygen atoms in total. The molecule has 1 atom stereocenters. The van der Waals surface area contributed by atoms with Gasteiger partial charge in [-0.1, -0.05) is 38.5 Å². The van der Waals surface area contributed by atoms with E-state index in [1.807, 2.05) is 43.3 Å². The smallest absolute Gasteiger partial charge is 0.231 e. The van der Waals surface area contributed by atoms with Crippen LogP contribution in [0.3, 0.4) is 0 Å². The molecule has 1 aliphatic rings. The molecule has 3 aromatic rings. The van der Waals surface area contributed by atoms with Gasteiger partial charge in [0.2, 0.25) is 12.5 Å². The van der Waals surface area contributed by atoms with Gasteiger partial charge in [0, 0.05) is 22.1 Å². The number of hydrogen-bond acceptors (Lipinski definition) is 7.